The van der Waals surface area contributed by atoms with E-state index >= 15 is 0 Å². The Labute approximate surface area is 329 Å². The lowest BCUT2D eigenvalue weighted by atomic mass is 9.67. The van der Waals surface area contributed by atoms with Crippen LogP contribution in [0.15, 0.2) is 200 Å². The largest absolute Gasteiger partial charge is 0.208 e. The average Bonchev–Trinajstić information content (AvgIpc) is 3.81. The summed E-state index contributed by atoms with van der Waals surface area (Å²) in [6.45, 7) is 0. The van der Waals surface area contributed by atoms with Gasteiger partial charge in [0.05, 0.1) is 5.41 Å². The summed E-state index contributed by atoms with van der Waals surface area (Å²) >= 11 is 1.84. The van der Waals surface area contributed by atoms with Gasteiger partial charge in [0.2, 0.25) is 0 Å². The molecular formula is C52H33N3S. The molecule has 0 N–H and O–H groups in total. The van der Waals surface area contributed by atoms with Gasteiger partial charge in [-0.25, -0.2) is 15.0 Å². The van der Waals surface area contributed by atoms with Crippen molar-refractivity contribution in [2.24, 2.45) is 0 Å². The highest BCUT2D eigenvalue weighted by Gasteiger charge is 2.46. The highest BCUT2D eigenvalue weighted by Crippen LogP contribution is 2.57. The molecule has 0 fully saturated rings. The van der Waals surface area contributed by atoms with Gasteiger partial charge in [-0.3, -0.25) is 0 Å². The summed E-state index contributed by atoms with van der Waals surface area (Å²) in [5.74, 6) is 1.97. The molecule has 8 aromatic carbocycles. The molecular weight excluding hydrogens is 699 g/mol. The number of hydrogen-bond acceptors (Lipinski definition) is 4. The molecule has 3 nitrogen and oxygen atoms in total. The molecule has 0 radical (unpaired) electrons. The summed E-state index contributed by atoms with van der Waals surface area (Å²) in [6.07, 6.45) is 0. The lowest BCUT2D eigenvalue weighted by molar-refractivity contribution is 0.769. The van der Waals surface area contributed by atoms with Gasteiger partial charge < -0.3 is 0 Å². The fourth-order valence-corrected chi connectivity index (χ4v) is 10.0. The average molecular weight is 732 g/mol. The van der Waals surface area contributed by atoms with Crippen molar-refractivity contribution >= 4 is 31.5 Å². The number of hydrogen-bond donors (Lipinski definition) is 0. The second kappa shape index (κ2) is 13.1. The Bertz CT molecular complexity index is 2970. The molecule has 1 aliphatic rings. The predicted molar refractivity (Wildman–Crippen MR) is 232 cm³/mol. The molecule has 2 heterocycles. The zero-order valence-electron chi connectivity index (χ0n) is 30.3. The number of benzene rings is 8. The SMILES string of the molecule is c1ccc(-c2nc(-c3ccccc3)nc(-c3ccc(-c4ccc5c(c4)C(c4ccccc4)(c4ccccc4)c4ccccc4-5)c4sc5ccccc5c34)n2)cc1. The van der Waals surface area contributed by atoms with Gasteiger partial charge in [0.25, 0.3) is 0 Å². The maximum atomic E-state index is 5.18. The minimum absolute atomic E-state index is 0.476. The lowest BCUT2D eigenvalue weighted by Crippen LogP contribution is -2.28. The van der Waals surface area contributed by atoms with Crippen molar-refractivity contribution in [2.75, 3.05) is 0 Å². The Hall–Kier alpha value is -7.01. The van der Waals surface area contributed by atoms with Crippen molar-refractivity contribution in [2.45, 2.75) is 5.41 Å². The van der Waals surface area contributed by atoms with Crippen molar-refractivity contribution in [3.8, 4) is 56.4 Å². The number of rotatable bonds is 6. The van der Waals surface area contributed by atoms with E-state index in [-0.39, 0.29) is 0 Å². The summed E-state index contributed by atoms with van der Waals surface area (Å²) in [7, 11) is 0. The second-order valence-electron chi connectivity index (χ2n) is 14.3. The van der Waals surface area contributed by atoms with E-state index in [1.54, 1.807) is 0 Å². The Kier molecular flexibility index (Phi) is 7.58. The molecule has 2 aromatic heterocycles. The van der Waals surface area contributed by atoms with Gasteiger partial charge in [0.15, 0.2) is 17.5 Å². The molecule has 0 saturated heterocycles. The van der Waals surface area contributed by atoms with Gasteiger partial charge in [0, 0.05) is 36.9 Å². The van der Waals surface area contributed by atoms with E-state index in [0.29, 0.717) is 17.5 Å². The highest BCUT2D eigenvalue weighted by atomic mass is 32.1. The fourth-order valence-electron chi connectivity index (χ4n) is 8.78. The van der Waals surface area contributed by atoms with Crippen LogP contribution in [-0.4, -0.2) is 15.0 Å². The topological polar surface area (TPSA) is 38.7 Å². The summed E-state index contributed by atoms with van der Waals surface area (Å²) in [4.78, 5) is 15.3. The van der Waals surface area contributed by atoms with Gasteiger partial charge in [-0.1, -0.05) is 182 Å². The molecule has 0 spiro atoms. The monoisotopic (exact) mass is 731 g/mol. The number of nitrogens with zero attached hydrogens (tertiary/aromatic N) is 3. The van der Waals surface area contributed by atoms with Crippen LogP contribution in [0.5, 0.6) is 0 Å². The van der Waals surface area contributed by atoms with Crippen molar-refractivity contribution in [1.82, 2.24) is 15.0 Å². The molecule has 0 saturated carbocycles. The molecule has 1 aliphatic carbocycles. The minimum atomic E-state index is -0.476. The van der Waals surface area contributed by atoms with Gasteiger partial charge in [-0.2, -0.15) is 0 Å². The summed E-state index contributed by atoms with van der Waals surface area (Å²) in [6, 6.07) is 71.6. The summed E-state index contributed by atoms with van der Waals surface area (Å²) in [5, 5.41) is 2.36. The van der Waals surface area contributed by atoms with E-state index in [1.807, 2.05) is 47.7 Å². The van der Waals surface area contributed by atoms with Gasteiger partial charge >= 0.3 is 0 Å². The normalized spacial score (nSPS) is 12.8. The quantitative estimate of drug-likeness (QED) is 0.171. The Morgan fingerprint density at radius 3 is 1.52 bits per heavy atom. The van der Waals surface area contributed by atoms with Crippen LogP contribution in [0.4, 0.5) is 0 Å². The maximum Gasteiger partial charge on any atom is 0.164 e. The number of fused-ring (bicyclic) bond motifs is 6. The Balaban J connectivity index is 1.17. The smallest absolute Gasteiger partial charge is 0.164 e. The van der Waals surface area contributed by atoms with Gasteiger partial charge in [-0.15, -0.1) is 11.3 Å². The number of thiophene rings is 1. The first kappa shape index (κ1) is 32.4. The van der Waals surface area contributed by atoms with E-state index in [4.69, 9.17) is 15.0 Å². The third-order valence-corrected chi connectivity index (χ3v) is 12.4. The van der Waals surface area contributed by atoms with E-state index in [2.05, 4.69) is 164 Å². The van der Waals surface area contributed by atoms with Crippen LogP contribution in [0.1, 0.15) is 22.3 Å². The molecule has 56 heavy (non-hydrogen) atoms. The molecule has 0 bridgehead atoms. The van der Waals surface area contributed by atoms with Crippen LogP contribution in [0, 0.1) is 0 Å². The fraction of sp³-hybridized carbons (Fsp3) is 0.0192. The maximum absolute atomic E-state index is 5.18. The van der Waals surface area contributed by atoms with E-state index in [9.17, 15) is 0 Å². The second-order valence-corrected chi connectivity index (χ2v) is 15.3. The third-order valence-electron chi connectivity index (χ3n) is 11.2. The molecule has 11 rings (SSSR count). The minimum Gasteiger partial charge on any atom is -0.208 e. The van der Waals surface area contributed by atoms with Crippen LogP contribution in [0.2, 0.25) is 0 Å². The molecule has 10 aromatic rings. The van der Waals surface area contributed by atoms with Crippen LogP contribution >= 0.6 is 11.3 Å². The molecule has 0 amide bonds. The molecule has 262 valence electrons. The first-order valence-corrected chi connectivity index (χ1v) is 19.8. The Morgan fingerprint density at radius 1 is 0.357 bits per heavy atom. The van der Waals surface area contributed by atoms with Crippen molar-refractivity contribution in [1.29, 1.82) is 0 Å². The highest BCUT2D eigenvalue weighted by molar-refractivity contribution is 7.26. The molecule has 0 atom stereocenters. The van der Waals surface area contributed by atoms with E-state index in [0.717, 1.165) is 22.1 Å². The van der Waals surface area contributed by atoms with Gasteiger partial charge in [-0.05, 0) is 62.7 Å². The lowest BCUT2D eigenvalue weighted by Gasteiger charge is -2.34. The van der Waals surface area contributed by atoms with Crippen molar-refractivity contribution in [3.05, 3.63) is 222 Å². The Morgan fingerprint density at radius 2 is 0.857 bits per heavy atom. The summed E-state index contributed by atoms with van der Waals surface area (Å²) < 4.78 is 2.44. The zero-order valence-corrected chi connectivity index (χ0v) is 31.1. The summed E-state index contributed by atoms with van der Waals surface area (Å²) in [5.41, 5.74) is 12.5. The van der Waals surface area contributed by atoms with E-state index in [1.165, 1.54) is 59.3 Å². The van der Waals surface area contributed by atoms with Crippen LogP contribution in [0.25, 0.3) is 76.6 Å². The predicted octanol–water partition coefficient (Wildman–Crippen LogP) is 13.3. The molecule has 0 aliphatic heterocycles. The number of aromatic nitrogens is 3. The van der Waals surface area contributed by atoms with Gasteiger partial charge in [0.1, 0.15) is 0 Å². The molecule has 0 unspecified atom stereocenters. The van der Waals surface area contributed by atoms with Crippen LogP contribution < -0.4 is 0 Å². The molecule has 4 heteroatoms. The standard InChI is InChI=1S/C52H33N3S/c1-5-17-34(18-6-1)49-53-50(35-19-7-2-8-20-35)55-51(54-49)43-32-31-39(48-47(43)42-26-14-16-28-46(42)56-48)36-29-30-41-40-25-13-15-27-44(40)52(45(41)33-36,37-21-9-3-10-22-37)38-23-11-4-12-24-38/h1-33H. The first-order chi connectivity index (χ1) is 27.8. The van der Waals surface area contributed by atoms with Crippen molar-refractivity contribution < 1.29 is 0 Å². The first-order valence-electron chi connectivity index (χ1n) is 18.9. The van der Waals surface area contributed by atoms with Crippen molar-refractivity contribution in [3.63, 3.8) is 0 Å². The third kappa shape index (κ3) is 5.00. The van der Waals surface area contributed by atoms with Crippen LogP contribution in [-0.2, 0) is 5.41 Å². The van der Waals surface area contributed by atoms with Crippen LogP contribution in [0.3, 0.4) is 0 Å². The van der Waals surface area contributed by atoms with E-state index < -0.39 is 5.41 Å². The zero-order chi connectivity index (χ0) is 37.1.